The Morgan fingerprint density at radius 1 is 0.758 bits per heavy atom. The fraction of sp³-hybridized carbons (Fsp3) is 0.442. The minimum atomic E-state index is -3.38. The maximum atomic E-state index is 14.9. The van der Waals surface area contributed by atoms with Gasteiger partial charge in [-0.05, 0) is 82.9 Å². The van der Waals surface area contributed by atoms with Crippen LogP contribution < -0.4 is 9.80 Å². The number of rotatable bonds is 17. The number of sulfone groups is 1. The Morgan fingerprint density at radius 2 is 1.35 bits per heavy atom. The molecule has 2 fully saturated rings. The zero-order chi connectivity index (χ0) is 47.6. The van der Waals surface area contributed by atoms with Gasteiger partial charge < -0.3 is 28.9 Å². The number of carbonyl (C=O) groups excluding carboxylic acids is 3. The van der Waals surface area contributed by atoms with E-state index in [1.807, 2.05) is 64.4 Å². The summed E-state index contributed by atoms with van der Waals surface area (Å²) < 4.78 is 30.6. The molecule has 0 bridgehead atoms. The van der Waals surface area contributed by atoms with Crippen molar-refractivity contribution in [2.45, 2.75) is 76.3 Å². The molecule has 0 aliphatic carbocycles. The Labute approximate surface area is 394 Å². The first-order valence-corrected chi connectivity index (χ1v) is 27.9. The Bertz CT molecular complexity index is 2370. The lowest BCUT2D eigenvalue weighted by Crippen LogP contribution is -2.56. The van der Waals surface area contributed by atoms with E-state index in [1.165, 1.54) is 23.8 Å². The zero-order valence-electron chi connectivity index (χ0n) is 40.3. The number of benzene rings is 4. The number of amides is 3. The molecule has 0 saturated carbocycles. The highest BCUT2D eigenvalue weighted by Crippen LogP contribution is 2.36. The highest BCUT2D eigenvalue weighted by molar-refractivity contribution is 7.90. The number of nitrogens with zero attached hydrogens (tertiary/aromatic N) is 6. The van der Waals surface area contributed by atoms with Crippen molar-refractivity contribution in [3.05, 3.63) is 131 Å². The van der Waals surface area contributed by atoms with Crippen LogP contribution in [-0.2, 0) is 48.2 Å². The average molecular weight is 935 g/mol. The smallest absolute Gasteiger partial charge is 0.247 e. The summed E-state index contributed by atoms with van der Waals surface area (Å²) in [4.78, 5) is 53.9. The maximum Gasteiger partial charge on any atom is 0.247 e. The summed E-state index contributed by atoms with van der Waals surface area (Å²) in [6.07, 6.45) is 4.65. The Hall–Kier alpha value is -5.28. The number of hydrogen-bond donors (Lipinski definition) is 0. The van der Waals surface area contributed by atoms with Gasteiger partial charge in [-0.3, -0.25) is 19.3 Å². The van der Waals surface area contributed by atoms with Gasteiger partial charge in [0.15, 0.2) is 18.2 Å². The normalized spacial score (nSPS) is 15.8. The highest BCUT2D eigenvalue weighted by Gasteiger charge is 2.37. The lowest BCUT2D eigenvalue weighted by atomic mass is 10.0. The Balaban J connectivity index is 1.16. The van der Waals surface area contributed by atoms with Crippen molar-refractivity contribution in [2.75, 3.05) is 88.6 Å². The van der Waals surface area contributed by atoms with Crippen LogP contribution in [0.3, 0.4) is 0 Å². The second-order valence-electron chi connectivity index (χ2n) is 19.3. The van der Waals surface area contributed by atoms with E-state index in [-0.39, 0.29) is 34.2 Å². The van der Waals surface area contributed by atoms with Crippen molar-refractivity contribution >= 4 is 53.3 Å². The lowest BCUT2D eigenvalue weighted by molar-refractivity contribution is -0.145. The third-order valence-corrected chi connectivity index (χ3v) is 19.2. The first-order chi connectivity index (χ1) is 31.3. The van der Waals surface area contributed by atoms with E-state index >= 15 is 0 Å². The molecular weight excluding hydrogens is 865 g/mol. The van der Waals surface area contributed by atoms with Crippen LogP contribution in [0, 0.1) is 0 Å². The number of anilines is 2. The van der Waals surface area contributed by atoms with Gasteiger partial charge in [0.05, 0.1) is 11.5 Å². The van der Waals surface area contributed by atoms with Gasteiger partial charge in [0.2, 0.25) is 17.7 Å². The van der Waals surface area contributed by atoms with E-state index in [0.29, 0.717) is 57.9 Å². The average Bonchev–Trinajstić information content (AvgIpc) is 3.29. The van der Waals surface area contributed by atoms with E-state index in [9.17, 15) is 22.8 Å². The van der Waals surface area contributed by atoms with Gasteiger partial charge in [-0.1, -0.05) is 87.5 Å². The SMILES string of the molecule is CC(=O)N1CCN(c2ccc(CN(C(=O)C=Cc3ccc(S(C)(=O)=O)cc3)[C@@H](Cc3ccccc3)C(=O)N3CCN(Cc4ccc(N(C)CCO[Si](C)(C)C(C)(C)C)cc4)CC3)cc2)CC1. The molecule has 66 heavy (non-hydrogen) atoms. The molecule has 12 nitrogen and oxygen atoms in total. The zero-order valence-corrected chi connectivity index (χ0v) is 42.1. The van der Waals surface area contributed by atoms with Crippen molar-refractivity contribution < 1.29 is 27.2 Å². The molecule has 0 unspecified atom stereocenters. The second kappa shape index (κ2) is 22.0. The molecule has 0 radical (unpaired) electrons. The summed E-state index contributed by atoms with van der Waals surface area (Å²) in [5.41, 5.74) is 5.90. The summed E-state index contributed by atoms with van der Waals surface area (Å²) in [6.45, 7) is 20.7. The van der Waals surface area contributed by atoms with Crippen molar-refractivity contribution in [1.29, 1.82) is 0 Å². The van der Waals surface area contributed by atoms with Crippen LogP contribution in [0.1, 0.15) is 49.9 Å². The first-order valence-electron chi connectivity index (χ1n) is 23.1. The Kier molecular flexibility index (Phi) is 16.7. The molecule has 0 spiro atoms. The monoisotopic (exact) mass is 934 g/mol. The summed E-state index contributed by atoms with van der Waals surface area (Å²) in [5, 5.41) is 0.179. The van der Waals surface area contributed by atoms with Crippen molar-refractivity contribution in [3.63, 3.8) is 0 Å². The number of hydrogen-bond acceptors (Lipinski definition) is 9. The van der Waals surface area contributed by atoms with Gasteiger partial charge in [-0.2, -0.15) is 0 Å². The van der Waals surface area contributed by atoms with E-state index < -0.39 is 24.2 Å². The minimum absolute atomic E-state index is 0.0836. The molecule has 2 aliphatic heterocycles. The molecule has 2 aliphatic rings. The molecule has 3 amide bonds. The minimum Gasteiger partial charge on any atom is -0.415 e. The maximum absolute atomic E-state index is 14.9. The largest absolute Gasteiger partial charge is 0.415 e. The first kappa shape index (κ1) is 50.1. The molecule has 14 heteroatoms. The molecule has 1 atom stereocenters. The van der Waals surface area contributed by atoms with Crippen LogP contribution in [0.2, 0.25) is 18.1 Å². The van der Waals surface area contributed by atoms with E-state index in [1.54, 1.807) is 30.0 Å². The van der Waals surface area contributed by atoms with Gasteiger partial charge in [0, 0.05) is 116 Å². The molecular formula is C52H70N6O6SSi. The third kappa shape index (κ3) is 13.6. The standard InChI is InChI=1S/C52H70N6O6SSi/c1-41(59)55-32-34-56(35-33-55)47-23-16-45(17-24-47)40-58(50(60)27-20-42-18-25-48(26-19-42)65(6,62)63)49(38-43-12-10-9-11-13-43)51(61)57-30-28-54(29-31-57)39-44-14-21-46(22-15-44)53(5)36-37-64-66(7,8)52(2,3)4/h9-27,49H,28-40H2,1-8H3/t49-/m0/s1. The van der Waals surface area contributed by atoms with Crippen molar-refractivity contribution in [3.8, 4) is 0 Å². The van der Waals surface area contributed by atoms with Crippen molar-refractivity contribution in [2.24, 2.45) is 0 Å². The van der Waals surface area contributed by atoms with Crippen LogP contribution in [0.15, 0.2) is 114 Å². The summed E-state index contributed by atoms with van der Waals surface area (Å²) >= 11 is 0. The predicted molar refractivity (Wildman–Crippen MR) is 269 cm³/mol. The predicted octanol–water partition coefficient (Wildman–Crippen LogP) is 7.21. The molecule has 4 aromatic rings. The summed E-state index contributed by atoms with van der Waals surface area (Å²) in [6, 6.07) is 32.3. The van der Waals surface area contributed by atoms with Gasteiger partial charge in [0.25, 0.3) is 0 Å². The van der Waals surface area contributed by atoms with Gasteiger partial charge >= 0.3 is 0 Å². The van der Waals surface area contributed by atoms with Crippen LogP contribution in [-0.4, -0.2) is 139 Å². The molecule has 0 aromatic heterocycles. The Morgan fingerprint density at radius 3 is 1.92 bits per heavy atom. The molecule has 6 rings (SSSR count). The van der Waals surface area contributed by atoms with Crippen LogP contribution >= 0.6 is 0 Å². The molecule has 4 aromatic carbocycles. The van der Waals surface area contributed by atoms with Crippen LogP contribution in [0.25, 0.3) is 6.08 Å². The van der Waals surface area contributed by atoms with E-state index in [0.717, 1.165) is 54.9 Å². The lowest BCUT2D eigenvalue weighted by Gasteiger charge is -2.39. The van der Waals surface area contributed by atoms with Crippen molar-refractivity contribution in [1.82, 2.24) is 19.6 Å². The third-order valence-electron chi connectivity index (χ3n) is 13.5. The summed E-state index contributed by atoms with van der Waals surface area (Å²) in [5.74, 6) is -0.334. The molecule has 2 saturated heterocycles. The molecule has 0 N–H and O–H groups in total. The van der Waals surface area contributed by atoms with Crippen LogP contribution in [0.5, 0.6) is 0 Å². The van der Waals surface area contributed by atoms with Gasteiger partial charge in [-0.15, -0.1) is 0 Å². The fourth-order valence-electron chi connectivity index (χ4n) is 8.12. The number of likely N-dealkylation sites (N-methyl/N-ethyl adjacent to an activating group) is 1. The number of carbonyl (C=O) groups is 3. The molecule has 354 valence electrons. The van der Waals surface area contributed by atoms with E-state index in [4.69, 9.17) is 4.43 Å². The van der Waals surface area contributed by atoms with Gasteiger partial charge in [0.1, 0.15) is 6.04 Å². The number of piperazine rings is 2. The quantitative estimate of drug-likeness (QED) is 0.0801. The van der Waals surface area contributed by atoms with Gasteiger partial charge in [-0.25, -0.2) is 8.42 Å². The van der Waals surface area contributed by atoms with E-state index in [2.05, 4.69) is 79.9 Å². The summed E-state index contributed by atoms with van der Waals surface area (Å²) in [7, 11) is -3.07. The topological polar surface area (TPSA) is 114 Å². The second-order valence-corrected chi connectivity index (χ2v) is 26.1. The fourth-order valence-corrected chi connectivity index (χ4v) is 9.79. The highest BCUT2D eigenvalue weighted by atomic mass is 32.2. The molecule has 2 heterocycles. The van der Waals surface area contributed by atoms with Crippen LogP contribution in [0.4, 0.5) is 11.4 Å².